The van der Waals surface area contributed by atoms with Gasteiger partial charge >= 0.3 is 0 Å². The second kappa shape index (κ2) is 3.05. The first kappa shape index (κ1) is 8.59. The summed E-state index contributed by atoms with van der Waals surface area (Å²) in [5, 5.41) is 0. The van der Waals surface area contributed by atoms with Crippen molar-refractivity contribution in [3.63, 3.8) is 0 Å². The minimum atomic E-state index is -0.508. The van der Waals surface area contributed by atoms with E-state index in [2.05, 4.69) is 16.2 Å². The van der Waals surface area contributed by atoms with Crippen molar-refractivity contribution in [2.24, 2.45) is 0 Å². The van der Waals surface area contributed by atoms with Crippen molar-refractivity contribution in [1.82, 2.24) is 9.97 Å². The van der Waals surface area contributed by atoms with Crippen LogP contribution in [0.2, 0.25) is 0 Å². The molecule has 0 aliphatic carbocycles. The number of aromatic nitrogens is 2. The zero-order valence-electron chi connectivity index (χ0n) is 7.65. The van der Waals surface area contributed by atoms with Crippen LogP contribution in [0.25, 0.3) is 0 Å². The molecule has 1 fully saturated rings. The average Bonchev–Trinajstić information content (AvgIpc) is 2.48. The zero-order valence-corrected chi connectivity index (χ0v) is 7.65. The molecule has 13 heavy (non-hydrogen) atoms. The number of nitrogens with zero attached hydrogens (tertiary/aromatic N) is 2. The van der Waals surface area contributed by atoms with E-state index in [1.807, 2.05) is 13.8 Å². The van der Waals surface area contributed by atoms with Crippen molar-refractivity contribution < 1.29 is 9.47 Å². The smallest absolute Gasteiger partial charge is 0.163 e. The molecule has 0 bridgehead atoms. The van der Waals surface area contributed by atoms with Crippen LogP contribution in [0.3, 0.4) is 0 Å². The monoisotopic (exact) mass is 179 g/mol. The third-order valence-electron chi connectivity index (χ3n) is 1.88. The first-order valence-corrected chi connectivity index (χ1v) is 4.17. The van der Waals surface area contributed by atoms with Gasteiger partial charge in [-0.05, 0) is 13.8 Å². The maximum Gasteiger partial charge on any atom is 0.163 e. The molecule has 69 valence electrons. The van der Waals surface area contributed by atoms with E-state index in [0.717, 1.165) is 5.69 Å². The lowest BCUT2D eigenvalue weighted by molar-refractivity contribution is -0.139. The summed E-state index contributed by atoms with van der Waals surface area (Å²) >= 11 is 0. The van der Waals surface area contributed by atoms with Gasteiger partial charge in [0.25, 0.3) is 0 Å². The Bertz CT molecular complexity index is 287. The molecule has 1 saturated heterocycles. The minimum Gasteiger partial charge on any atom is -0.347 e. The summed E-state index contributed by atoms with van der Waals surface area (Å²) in [6, 6.07) is 0. The van der Waals surface area contributed by atoms with Crippen LogP contribution >= 0.6 is 0 Å². The van der Waals surface area contributed by atoms with E-state index in [-0.39, 0.29) is 6.10 Å². The molecule has 0 saturated carbocycles. The molecule has 0 aromatic carbocycles. The predicted molar refractivity (Wildman–Crippen MR) is 44.7 cm³/mol. The standard InChI is InChI=1S/C9H11N2O2/c1-9(2)12-6-8(13-9)7-5-10-3-4-11-7/h4-5,8H,6H2,1-2H3. The Morgan fingerprint density at radius 3 is 3.00 bits per heavy atom. The van der Waals surface area contributed by atoms with Crippen LogP contribution in [-0.4, -0.2) is 22.4 Å². The average molecular weight is 179 g/mol. The summed E-state index contributed by atoms with van der Waals surface area (Å²) in [5.74, 6) is -0.508. The molecule has 4 heteroatoms. The van der Waals surface area contributed by atoms with Gasteiger partial charge in [-0.2, -0.15) is 0 Å². The summed E-state index contributed by atoms with van der Waals surface area (Å²) in [7, 11) is 0. The van der Waals surface area contributed by atoms with Gasteiger partial charge in [0.1, 0.15) is 12.3 Å². The van der Waals surface area contributed by atoms with E-state index >= 15 is 0 Å². The first-order valence-electron chi connectivity index (χ1n) is 4.17. The van der Waals surface area contributed by atoms with Gasteiger partial charge in [0.15, 0.2) is 5.79 Å². The van der Waals surface area contributed by atoms with Crippen LogP contribution in [0, 0.1) is 6.20 Å². The molecule has 0 spiro atoms. The van der Waals surface area contributed by atoms with E-state index in [0.29, 0.717) is 6.61 Å². The van der Waals surface area contributed by atoms with Crippen LogP contribution in [0.15, 0.2) is 12.4 Å². The molecule has 1 radical (unpaired) electrons. The van der Waals surface area contributed by atoms with Gasteiger partial charge in [-0.3, -0.25) is 9.97 Å². The highest BCUT2D eigenvalue weighted by molar-refractivity contribution is 5.01. The number of hydrogen-bond donors (Lipinski definition) is 0. The number of rotatable bonds is 1. The Balaban J connectivity index is 2.13. The lowest BCUT2D eigenvalue weighted by atomic mass is 10.3. The van der Waals surface area contributed by atoms with Gasteiger partial charge in [0.2, 0.25) is 0 Å². The molecular weight excluding hydrogens is 168 g/mol. The second-order valence-corrected chi connectivity index (χ2v) is 3.39. The lowest BCUT2D eigenvalue weighted by Crippen LogP contribution is -2.19. The topological polar surface area (TPSA) is 44.2 Å². The third kappa shape index (κ3) is 1.84. The Kier molecular flexibility index (Phi) is 2.01. The van der Waals surface area contributed by atoms with Gasteiger partial charge < -0.3 is 9.47 Å². The minimum absolute atomic E-state index is 0.0999. The molecule has 1 aliphatic heterocycles. The quantitative estimate of drug-likeness (QED) is 0.647. The first-order chi connectivity index (χ1) is 6.17. The Morgan fingerprint density at radius 2 is 2.46 bits per heavy atom. The van der Waals surface area contributed by atoms with Crippen molar-refractivity contribution in [3.05, 3.63) is 24.3 Å². The third-order valence-corrected chi connectivity index (χ3v) is 1.88. The van der Waals surface area contributed by atoms with Crippen LogP contribution in [0.5, 0.6) is 0 Å². The number of ether oxygens (including phenoxy) is 2. The molecule has 4 nitrogen and oxygen atoms in total. The maximum atomic E-state index is 5.60. The normalized spacial score (nSPS) is 26.2. The summed E-state index contributed by atoms with van der Waals surface area (Å²) in [6.07, 6.45) is 5.70. The van der Waals surface area contributed by atoms with Crippen molar-refractivity contribution in [2.75, 3.05) is 6.61 Å². The molecule has 2 heterocycles. The molecule has 1 atom stereocenters. The highest BCUT2D eigenvalue weighted by atomic mass is 16.7. The zero-order chi connectivity index (χ0) is 9.31. The van der Waals surface area contributed by atoms with Crippen molar-refractivity contribution in [2.45, 2.75) is 25.7 Å². The Labute approximate surface area is 76.9 Å². The van der Waals surface area contributed by atoms with Crippen LogP contribution < -0.4 is 0 Å². The largest absolute Gasteiger partial charge is 0.347 e. The van der Waals surface area contributed by atoms with Gasteiger partial charge in [-0.1, -0.05) is 0 Å². The summed E-state index contributed by atoms with van der Waals surface area (Å²) in [4.78, 5) is 7.96. The fraction of sp³-hybridized carbons (Fsp3) is 0.556. The Morgan fingerprint density at radius 1 is 1.62 bits per heavy atom. The molecule has 1 aromatic heterocycles. The SMILES string of the molecule is CC1(C)OCC(c2cn[c]cn2)O1. The van der Waals surface area contributed by atoms with Crippen LogP contribution in [-0.2, 0) is 9.47 Å². The van der Waals surface area contributed by atoms with Gasteiger partial charge in [-0.25, -0.2) is 0 Å². The van der Waals surface area contributed by atoms with E-state index < -0.39 is 5.79 Å². The highest BCUT2D eigenvalue weighted by Crippen LogP contribution is 2.31. The van der Waals surface area contributed by atoms with Gasteiger partial charge in [0, 0.05) is 0 Å². The summed E-state index contributed by atoms with van der Waals surface area (Å²) in [5.41, 5.74) is 0.796. The molecule has 1 aliphatic rings. The van der Waals surface area contributed by atoms with E-state index in [1.54, 1.807) is 6.20 Å². The van der Waals surface area contributed by atoms with Gasteiger partial charge in [0.05, 0.1) is 24.7 Å². The molecule has 1 aromatic rings. The second-order valence-electron chi connectivity index (χ2n) is 3.39. The Hall–Kier alpha value is -1.00. The maximum absolute atomic E-state index is 5.60. The number of hydrogen-bond acceptors (Lipinski definition) is 4. The predicted octanol–water partition coefficient (Wildman–Crippen LogP) is 1.10. The molecule has 1 unspecified atom stereocenters. The van der Waals surface area contributed by atoms with Gasteiger partial charge in [-0.15, -0.1) is 0 Å². The molecule has 2 rings (SSSR count). The summed E-state index contributed by atoms with van der Waals surface area (Å²) < 4.78 is 11.0. The fourth-order valence-corrected chi connectivity index (χ4v) is 1.27. The molecule has 0 amide bonds. The van der Waals surface area contributed by atoms with Crippen molar-refractivity contribution in [1.29, 1.82) is 0 Å². The summed E-state index contributed by atoms with van der Waals surface area (Å²) in [6.45, 7) is 4.30. The van der Waals surface area contributed by atoms with Crippen molar-refractivity contribution >= 4 is 0 Å². The van der Waals surface area contributed by atoms with E-state index in [1.165, 1.54) is 6.20 Å². The van der Waals surface area contributed by atoms with E-state index in [4.69, 9.17) is 9.47 Å². The fourth-order valence-electron chi connectivity index (χ4n) is 1.27. The van der Waals surface area contributed by atoms with Crippen molar-refractivity contribution in [3.8, 4) is 0 Å². The molecular formula is C9H11N2O2. The lowest BCUT2D eigenvalue weighted by Gasteiger charge is -2.16. The van der Waals surface area contributed by atoms with Crippen LogP contribution in [0.4, 0.5) is 0 Å². The highest BCUT2D eigenvalue weighted by Gasteiger charge is 2.34. The van der Waals surface area contributed by atoms with Crippen LogP contribution in [0.1, 0.15) is 25.6 Å². The van der Waals surface area contributed by atoms with E-state index in [9.17, 15) is 0 Å². The molecule has 0 N–H and O–H groups in total.